The molecule has 0 saturated heterocycles. The van der Waals surface area contributed by atoms with Crippen LogP contribution >= 0.6 is 0 Å². The lowest BCUT2D eigenvalue weighted by molar-refractivity contribution is -0.154. The molecule has 0 saturated carbocycles. The first-order valence-electron chi connectivity index (χ1n) is 14.8. The topological polar surface area (TPSA) is 76.5 Å². The van der Waals surface area contributed by atoms with Crippen molar-refractivity contribution in [1.82, 2.24) is 20.0 Å². The van der Waals surface area contributed by atoms with Gasteiger partial charge in [-0.3, -0.25) is 9.59 Å². The molecule has 4 aromatic rings. The number of hydrogen-bond acceptors (Lipinski definition) is 4. The van der Waals surface area contributed by atoms with Crippen LogP contribution in [0.1, 0.15) is 57.6 Å². The van der Waals surface area contributed by atoms with Gasteiger partial charge in [0.25, 0.3) is 0 Å². The summed E-state index contributed by atoms with van der Waals surface area (Å²) >= 11 is 0. The largest absolute Gasteiger partial charge is 0.488 e. The van der Waals surface area contributed by atoms with Gasteiger partial charge in [-0.05, 0) is 75.9 Å². The van der Waals surface area contributed by atoms with Crippen molar-refractivity contribution >= 4 is 11.8 Å². The van der Waals surface area contributed by atoms with E-state index in [9.17, 15) is 22.8 Å². The number of halogens is 3. The van der Waals surface area contributed by atoms with Crippen molar-refractivity contribution in [2.24, 2.45) is 0 Å². The van der Waals surface area contributed by atoms with Crippen LogP contribution < -0.4 is 10.1 Å². The Kier molecular flexibility index (Phi) is 10.4. The number of para-hydroxylation sites is 1. The summed E-state index contributed by atoms with van der Waals surface area (Å²) in [6.07, 6.45) is -4.68. The molecule has 238 valence electrons. The third-order valence-electron chi connectivity index (χ3n) is 7.82. The number of hydrogen-bond donors (Lipinski definition) is 1. The number of rotatable bonds is 10. The van der Waals surface area contributed by atoms with Crippen molar-refractivity contribution < 1.29 is 27.5 Å². The molecule has 1 aromatic heterocycles. The Morgan fingerprint density at radius 1 is 0.933 bits per heavy atom. The Morgan fingerprint density at radius 3 is 2.13 bits per heavy atom. The van der Waals surface area contributed by atoms with E-state index in [0.29, 0.717) is 18.0 Å². The van der Waals surface area contributed by atoms with E-state index in [-0.39, 0.29) is 24.3 Å². The van der Waals surface area contributed by atoms with Gasteiger partial charge in [0.1, 0.15) is 18.3 Å². The normalized spacial score (nSPS) is 12.1. The van der Waals surface area contributed by atoms with Crippen molar-refractivity contribution in [1.29, 1.82) is 0 Å². The average Bonchev–Trinajstić information content (AvgIpc) is 3.29. The molecule has 0 bridgehead atoms. The van der Waals surface area contributed by atoms with Gasteiger partial charge in [-0.15, -0.1) is 0 Å². The van der Waals surface area contributed by atoms with Crippen molar-refractivity contribution in [2.75, 3.05) is 13.1 Å². The molecule has 0 fully saturated rings. The molecule has 1 heterocycles. The van der Waals surface area contributed by atoms with Crippen molar-refractivity contribution in [3.05, 3.63) is 111 Å². The Morgan fingerprint density at radius 2 is 1.56 bits per heavy atom. The highest BCUT2D eigenvalue weighted by Crippen LogP contribution is 2.38. The maximum atomic E-state index is 14.3. The first kappa shape index (κ1) is 33.3. The molecular formula is C35H39F3N4O3. The third kappa shape index (κ3) is 7.92. The van der Waals surface area contributed by atoms with Crippen LogP contribution in [0.15, 0.2) is 66.7 Å². The van der Waals surface area contributed by atoms with Crippen molar-refractivity contribution in [3.63, 3.8) is 0 Å². The maximum Gasteiger partial charge on any atom is 0.397 e. The third-order valence-corrected chi connectivity index (χ3v) is 7.82. The molecule has 0 aliphatic heterocycles. The number of nitrogens with one attached hydrogen (secondary N) is 1. The molecule has 1 atom stereocenters. The molecular weight excluding hydrogens is 581 g/mol. The van der Waals surface area contributed by atoms with Crippen LogP contribution in [0.5, 0.6) is 5.75 Å². The fraction of sp³-hybridized carbons (Fsp3) is 0.343. The van der Waals surface area contributed by atoms with E-state index in [1.165, 1.54) is 22.1 Å². The second kappa shape index (κ2) is 14.0. The number of ether oxygens (including phenoxy) is 1. The lowest BCUT2D eigenvalue weighted by Gasteiger charge is -2.24. The van der Waals surface area contributed by atoms with Gasteiger partial charge in [0.05, 0.1) is 11.4 Å². The van der Waals surface area contributed by atoms with E-state index in [1.54, 1.807) is 44.2 Å². The van der Waals surface area contributed by atoms with Gasteiger partial charge in [-0.1, -0.05) is 60.2 Å². The van der Waals surface area contributed by atoms with E-state index in [0.717, 1.165) is 28.0 Å². The zero-order valence-corrected chi connectivity index (χ0v) is 26.5. The number of aromatic nitrogens is 2. The minimum atomic E-state index is -4.68. The van der Waals surface area contributed by atoms with E-state index < -0.39 is 30.5 Å². The van der Waals surface area contributed by atoms with Crippen LogP contribution in [0.3, 0.4) is 0 Å². The molecule has 0 aliphatic carbocycles. The Hall–Kier alpha value is -4.60. The highest BCUT2D eigenvalue weighted by atomic mass is 19.4. The fourth-order valence-corrected chi connectivity index (χ4v) is 5.52. The zero-order chi connectivity index (χ0) is 32.9. The number of amides is 2. The number of nitrogens with zero attached hydrogens (tertiary/aromatic N) is 3. The first-order chi connectivity index (χ1) is 21.3. The van der Waals surface area contributed by atoms with Crippen LogP contribution in [-0.2, 0) is 22.7 Å². The fourth-order valence-electron chi connectivity index (χ4n) is 5.52. The lowest BCUT2D eigenvalue weighted by Crippen LogP contribution is -2.45. The number of aryl methyl sites for hydroxylation is 4. The quantitative estimate of drug-likeness (QED) is 0.198. The Balaban J connectivity index is 1.44. The van der Waals surface area contributed by atoms with Crippen molar-refractivity contribution in [3.8, 4) is 11.4 Å². The minimum absolute atomic E-state index is 0.0258. The summed E-state index contributed by atoms with van der Waals surface area (Å²) in [4.78, 5) is 27.3. The van der Waals surface area contributed by atoms with Crippen LogP contribution in [0.2, 0.25) is 0 Å². The molecule has 45 heavy (non-hydrogen) atoms. The van der Waals surface area contributed by atoms with E-state index in [2.05, 4.69) is 10.4 Å². The van der Waals surface area contributed by atoms with E-state index in [4.69, 9.17) is 4.74 Å². The smallest absolute Gasteiger partial charge is 0.397 e. The second-order valence-corrected chi connectivity index (χ2v) is 11.3. The molecule has 1 N–H and O–H groups in total. The molecule has 0 aliphatic rings. The summed E-state index contributed by atoms with van der Waals surface area (Å²) in [7, 11) is 0. The Labute approximate surface area is 262 Å². The van der Waals surface area contributed by atoms with Gasteiger partial charge in [0.2, 0.25) is 0 Å². The number of alkyl halides is 3. The Bertz CT molecular complexity index is 1620. The second-order valence-electron chi connectivity index (χ2n) is 11.3. The highest BCUT2D eigenvalue weighted by molar-refractivity contribution is 6.35. The predicted octanol–water partition coefficient (Wildman–Crippen LogP) is 6.80. The molecule has 2 amide bonds. The number of carbonyl (C=O) groups excluding carboxylic acids is 2. The molecule has 7 nitrogen and oxygen atoms in total. The van der Waals surface area contributed by atoms with Gasteiger partial charge in [0.15, 0.2) is 0 Å². The SMILES string of the molecule is CCN(Cc1cc(C)c(OCc2ccc(C)cc2)c(C)c1)C(=O)C(=O)NCC(c1c(C)nn(-c2ccccc2)c1C)C(F)(F)F. The number of carbonyl (C=O) groups is 2. The summed E-state index contributed by atoms with van der Waals surface area (Å²) in [6, 6.07) is 20.7. The van der Waals surface area contributed by atoms with Gasteiger partial charge in [-0.25, -0.2) is 4.68 Å². The van der Waals surface area contributed by atoms with Crippen LogP contribution in [0, 0.1) is 34.6 Å². The van der Waals surface area contributed by atoms with Gasteiger partial charge in [-0.2, -0.15) is 18.3 Å². The summed E-state index contributed by atoms with van der Waals surface area (Å²) in [5, 5.41) is 6.59. The standard InChI is InChI=1S/C35H39F3N4O3/c1-7-41(20-28-17-23(3)32(24(4)18-28)45-21-27-15-13-22(2)14-16-27)34(44)33(43)39-19-30(35(36,37)38)31-25(5)40-42(26(31)6)29-11-9-8-10-12-29/h8-18,30H,7,19-21H2,1-6H3,(H,39,43). The molecule has 4 rings (SSSR count). The van der Waals surface area contributed by atoms with Crippen molar-refractivity contribution in [2.45, 2.75) is 66.8 Å². The van der Waals surface area contributed by atoms with Crippen LogP contribution in [0.4, 0.5) is 13.2 Å². The summed E-state index contributed by atoms with van der Waals surface area (Å²) in [5.41, 5.74) is 5.85. The zero-order valence-electron chi connectivity index (χ0n) is 26.5. The number of likely N-dealkylation sites (N-methyl/N-ethyl adjacent to an activating group) is 1. The van der Waals surface area contributed by atoms with Gasteiger partial charge < -0.3 is 15.0 Å². The molecule has 1 unspecified atom stereocenters. The van der Waals surface area contributed by atoms with Crippen LogP contribution in [-0.4, -0.2) is 45.8 Å². The van der Waals surface area contributed by atoms with Crippen LogP contribution in [0.25, 0.3) is 5.69 Å². The predicted molar refractivity (Wildman–Crippen MR) is 167 cm³/mol. The molecule has 0 radical (unpaired) electrons. The first-order valence-corrected chi connectivity index (χ1v) is 14.8. The molecule has 0 spiro atoms. The summed E-state index contributed by atoms with van der Waals surface area (Å²) in [6.45, 7) is 10.6. The van der Waals surface area contributed by atoms with Gasteiger partial charge >= 0.3 is 18.0 Å². The average molecular weight is 621 g/mol. The van der Waals surface area contributed by atoms with E-state index >= 15 is 0 Å². The number of benzene rings is 3. The highest BCUT2D eigenvalue weighted by Gasteiger charge is 2.44. The summed E-state index contributed by atoms with van der Waals surface area (Å²) in [5.74, 6) is -3.30. The lowest BCUT2D eigenvalue weighted by atomic mass is 9.96. The maximum absolute atomic E-state index is 14.3. The monoisotopic (exact) mass is 620 g/mol. The molecule has 3 aromatic carbocycles. The van der Waals surface area contributed by atoms with Gasteiger partial charge in [0, 0.05) is 30.9 Å². The van der Waals surface area contributed by atoms with E-state index in [1.807, 2.05) is 57.2 Å². The summed E-state index contributed by atoms with van der Waals surface area (Å²) < 4.78 is 50.5. The molecule has 10 heteroatoms. The minimum Gasteiger partial charge on any atom is -0.488 e.